The van der Waals surface area contributed by atoms with E-state index in [4.69, 9.17) is 16.3 Å². The molecule has 3 rings (SSSR count). The molecule has 1 saturated carbocycles. The zero-order chi connectivity index (χ0) is 11.7. The summed E-state index contributed by atoms with van der Waals surface area (Å²) in [4.78, 5) is 0. The summed E-state index contributed by atoms with van der Waals surface area (Å²) in [6.07, 6.45) is 5.06. The number of hydrogen-bond acceptors (Lipinski definition) is 2. The Kier molecular flexibility index (Phi) is 4.54. The van der Waals surface area contributed by atoms with Crippen molar-refractivity contribution in [1.82, 2.24) is 5.32 Å². The van der Waals surface area contributed by atoms with Gasteiger partial charge in [-0.25, -0.2) is 0 Å². The molecule has 1 aliphatic carbocycles. The van der Waals surface area contributed by atoms with E-state index in [1.54, 1.807) is 0 Å². The average molecular weight is 288 g/mol. The van der Waals surface area contributed by atoms with Crippen molar-refractivity contribution in [3.05, 3.63) is 34.9 Å². The molecule has 0 spiro atoms. The second-order valence-corrected chi connectivity index (χ2v) is 5.39. The molecule has 18 heavy (non-hydrogen) atoms. The average Bonchev–Trinajstić information content (AvgIpc) is 2.39. The van der Waals surface area contributed by atoms with Gasteiger partial charge in [-0.3, -0.25) is 0 Å². The molecule has 2 aliphatic rings. The number of hydrogen-bond donors (Lipinski definition) is 1. The van der Waals surface area contributed by atoms with E-state index in [9.17, 15) is 0 Å². The van der Waals surface area contributed by atoms with Gasteiger partial charge in [0, 0.05) is 11.6 Å². The molecule has 2 fully saturated rings. The molecular weight excluding hydrogens is 269 g/mol. The Morgan fingerprint density at radius 3 is 2.94 bits per heavy atom. The number of halogens is 2. The van der Waals surface area contributed by atoms with E-state index in [0.29, 0.717) is 0 Å². The quantitative estimate of drug-likeness (QED) is 0.853. The zero-order valence-electron chi connectivity index (χ0n) is 10.3. The predicted octanol–water partition coefficient (Wildman–Crippen LogP) is 3.52. The normalized spacial score (nSPS) is 31.3. The number of morpholine rings is 1. The van der Waals surface area contributed by atoms with Crippen LogP contribution in [0.5, 0.6) is 0 Å². The number of ether oxygens (including phenoxy) is 1. The Morgan fingerprint density at radius 1 is 1.28 bits per heavy atom. The molecule has 0 aromatic heterocycles. The van der Waals surface area contributed by atoms with Crippen molar-refractivity contribution in [3.8, 4) is 0 Å². The van der Waals surface area contributed by atoms with Crippen LogP contribution in [0.3, 0.4) is 0 Å². The molecule has 1 saturated heterocycles. The lowest BCUT2D eigenvalue weighted by molar-refractivity contribution is -0.0756. The molecule has 4 heteroatoms. The smallest absolute Gasteiger partial charge is 0.0799 e. The molecule has 0 unspecified atom stereocenters. The van der Waals surface area contributed by atoms with Crippen LogP contribution in [0.2, 0.25) is 5.02 Å². The minimum atomic E-state index is -0.0468. The second-order valence-electron chi connectivity index (χ2n) is 4.98. The summed E-state index contributed by atoms with van der Waals surface area (Å²) >= 11 is 6.38. The summed E-state index contributed by atoms with van der Waals surface area (Å²) in [6.45, 7) is 1.73. The van der Waals surface area contributed by atoms with E-state index >= 15 is 0 Å². The van der Waals surface area contributed by atoms with Gasteiger partial charge in [0.2, 0.25) is 0 Å². The summed E-state index contributed by atoms with van der Waals surface area (Å²) in [7, 11) is 0. The Morgan fingerprint density at radius 2 is 2.11 bits per heavy atom. The summed E-state index contributed by atoms with van der Waals surface area (Å²) in [6, 6.07) is 8.18. The fourth-order valence-corrected chi connectivity index (χ4v) is 3.57. The maximum Gasteiger partial charge on any atom is 0.0799 e. The lowest BCUT2D eigenvalue weighted by Crippen LogP contribution is -2.59. The Balaban J connectivity index is 0.00000120. The van der Waals surface area contributed by atoms with Crippen LogP contribution in [0.25, 0.3) is 0 Å². The molecule has 0 bridgehead atoms. The van der Waals surface area contributed by atoms with Crippen molar-refractivity contribution >= 4 is 24.0 Å². The van der Waals surface area contributed by atoms with Gasteiger partial charge in [-0.2, -0.15) is 0 Å². The third-order valence-electron chi connectivity index (χ3n) is 4.05. The number of rotatable bonds is 1. The molecule has 1 aromatic rings. The molecule has 1 N–H and O–H groups in total. The highest BCUT2D eigenvalue weighted by Gasteiger charge is 2.45. The van der Waals surface area contributed by atoms with E-state index in [-0.39, 0.29) is 24.0 Å². The second kappa shape index (κ2) is 5.79. The predicted molar refractivity (Wildman–Crippen MR) is 76.6 cm³/mol. The molecule has 2 nitrogen and oxygen atoms in total. The van der Waals surface area contributed by atoms with E-state index in [0.717, 1.165) is 31.0 Å². The zero-order valence-corrected chi connectivity index (χ0v) is 11.9. The molecule has 100 valence electrons. The van der Waals surface area contributed by atoms with E-state index in [1.165, 1.54) is 18.4 Å². The van der Waals surface area contributed by atoms with Gasteiger partial charge >= 0.3 is 0 Å². The largest absolute Gasteiger partial charge is 0.375 e. The molecule has 0 amide bonds. The van der Waals surface area contributed by atoms with Crippen molar-refractivity contribution in [2.45, 2.75) is 37.3 Å². The topological polar surface area (TPSA) is 21.3 Å². The minimum absolute atomic E-state index is 0. The van der Waals surface area contributed by atoms with Gasteiger partial charge in [-0.05, 0) is 24.5 Å². The maximum absolute atomic E-state index is 6.38. The summed E-state index contributed by atoms with van der Waals surface area (Å²) in [5.41, 5.74) is 1.17. The van der Waals surface area contributed by atoms with Gasteiger partial charge in [-0.15, -0.1) is 12.4 Å². The Labute approximate surface area is 119 Å². The highest BCUT2D eigenvalue weighted by atomic mass is 35.5. The van der Waals surface area contributed by atoms with Crippen LogP contribution < -0.4 is 5.32 Å². The van der Waals surface area contributed by atoms with Crippen LogP contribution in [0.1, 0.15) is 31.2 Å². The molecule has 0 radical (unpaired) electrons. The maximum atomic E-state index is 6.38. The van der Waals surface area contributed by atoms with Crippen molar-refractivity contribution < 1.29 is 4.74 Å². The monoisotopic (exact) mass is 287 g/mol. The number of benzene rings is 1. The van der Waals surface area contributed by atoms with Crippen molar-refractivity contribution in [2.24, 2.45) is 0 Å². The van der Waals surface area contributed by atoms with Gasteiger partial charge in [0.1, 0.15) is 0 Å². The molecule has 1 heterocycles. The van der Waals surface area contributed by atoms with Crippen LogP contribution in [0.15, 0.2) is 24.3 Å². The standard InChI is InChI=1S/C14H18ClNO.ClH/c15-12-6-2-1-5-11(12)14-8-4-3-7-13(14)17-10-9-16-14;/h1-2,5-6,13,16H,3-4,7-10H2;1H/t13-,14-;/m1./s1. The van der Waals surface area contributed by atoms with Crippen LogP contribution >= 0.6 is 24.0 Å². The first-order chi connectivity index (χ1) is 8.33. The molecule has 2 atom stereocenters. The highest BCUT2D eigenvalue weighted by Crippen LogP contribution is 2.42. The van der Waals surface area contributed by atoms with E-state index < -0.39 is 0 Å². The van der Waals surface area contributed by atoms with Crippen LogP contribution in [0.4, 0.5) is 0 Å². The van der Waals surface area contributed by atoms with Crippen LogP contribution in [-0.4, -0.2) is 19.3 Å². The lowest BCUT2D eigenvalue weighted by atomic mass is 9.73. The van der Waals surface area contributed by atoms with Crippen LogP contribution in [0, 0.1) is 0 Å². The van der Waals surface area contributed by atoms with Gasteiger partial charge < -0.3 is 10.1 Å². The molecule has 1 aromatic carbocycles. The van der Waals surface area contributed by atoms with Gasteiger partial charge in [0.25, 0.3) is 0 Å². The third-order valence-corrected chi connectivity index (χ3v) is 4.38. The first-order valence-corrected chi connectivity index (χ1v) is 6.82. The van der Waals surface area contributed by atoms with Crippen LogP contribution in [-0.2, 0) is 10.3 Å². The van der Waals surface area contributed by atoms with E-state index in [1.807, 2.05) is 12.1 Å². The first-order valence-electron chi connectivity index (χ1n) is 6.44. The number of nitrogens with one attached hydrogen (secondary N) is 1. The van der Waals surface area contributed by atoms with Gasteiger partial charge in [0.15, 0.2) is 0 Å². The first kappa shape index (κ1) is 14.1. The van der Waals surface area contributed by atoms with Gasteiger partial charge in [0.05, 0.1) is 18.2 Å². The molecule has 1 aliphatic heterocycles. The SMILES string of the molecule is Cl.Clc1ccccc1[C@]12CCCC[C@H]1OCCN2. The summed E-state index contributed by atoms with van der Waals surface area (Å²) < 4.78 is 5.97. The summed E-state index contributed by atoms with van der Waals surface area (Å²) in [5, 5.41) is 4.54. The Bertz CT molecular complexity index is 399. The van der Waals surface area contributed by atoms with Crippen molar-refractivity contribution in [3.63, 3.8) is 0 Å². The van der Waals surface area contributed by atoms with Crippen molar-refractivity contribution in [2.75, 3.05) is 13.2 Å². The summed E-state index contributed by atoms with van der Waals surface area (Å²) in [5.74, 6) is 0. The fraction of sp³-hybridized carbons (Fsp3) is 0.571. The highest BCUT2D eigenvalue weighted by molar-refractivity contribution is 6.31. The molecular formula is C14H19Cl2NO. The number of fused-ring (bicyclic) bond motifs is 1. The van der Waals surface area contributed by atoms with E-state index in [2.05, 4.69) is 17.4 Å². The Hall–Kier alpha value is -0.280. The minimum Gasteiger partial charge on any atom is -0.375 e. The third kappa shape index (κ3) is 2.27. The van der Waals surface area contributed by atoms with Gasteiger partial charge in [-0.1, -0.05) is 42.6 Å². The fourth-order valence-electron chi connectivity index (χ4n) is 3.27. The van der Waals surface area contributed by atoms with Crippen molar-refractivity contribution in [1.29, 1.82) is 0 Å². The lowest BCUT2D eigenvalue weighted by Gasteiger charge is -2.48.